The first-order valence-corrected chi connectivity index (χ1v) is 16.3. The molecule has 1 unspecified atom stereocenters. The number of aromatic nitrogens is 1. The van der Waals surface area contributed by atoms with E-state index in [1.807, 2.05) is 78.9 Å². The number of thiazole rings is 1. The third-order valence-electron chi connectivity index (χ3n) is 7.07. The molecule has 12 heteroatoms. The molecule has 252 valence electrons. The van der Waals surface area contributed by atoms with Crippen molar-refractivity contribution in [2.75, 3.05) is 0 Å². The van der Waals surface area contributed by atoms with Crippen LogP contribution in [-0.2, 0) is 28.9 Å². The number of alkyl carbamates (subject to hydrolysis) is 1. The molecule has 3 amide bonds. The van der Waals surface area contributed by atoms with Gasteiger partial charge < -0.3 is 25.6 Å². The van der Waals surface area contributed by atoms with Gasteiger partial charge in [-0.2, -0.15) is 0 Å². The quantitative estimate of drug-likeness (QED) is 0.109. The van der Waals surface area contributed by atoms with Crippen LogP contribution in [-0.4, -0.2) is 51.9 Å². The molecule has 11 nitrogen and oxygen atoms in total. The van der Waals surface area contributed by atoms with Gasteiger partial charge in [-0.1, -0.05) is 91.0 Å². The molecule has 0 aliphatic heterocycles. The number of ether oxygens (including phenoxy) is 2. The van der Waals surface area contributed by atoms with E-state index in [-0.39, 0.29) is 23.8 Å². The largest absolute Gasteiger partial charge is 0.444 e. The van der Waals surface area contributed by atoms with Crippen LogP contribution >= 0.6 is 11.3 Å². The van der Waals surface area contributed by atoms with Crippen molar-refractivity contribution >= 4 is 35.4 Å². The van der Waals surface area contributed by atoms with Crippen LogP contribution in [0.3, 0.4) is 0 Å². The molecule has 0 bridgehead atoms. The molecule has 3 atom stereocenters. The zero-order valence-electron chi connectivity index (χ0n) is 27.2. The SMILES string of the molecule is CC(C)(C)OC(=O)N[C@@H](Cc1ccccc1)[C@@H](O)CC(Cc1ccccc1)c1ncc(C(=O)N/C(N)=N/C(=O)OCc2ccccc2)s1. The monoisotopic (exact) mass is 671 g/mol. The summed E-state index contributed by atoms with van der Waals surface area (Å²) in [5.74, 6) is -1.32. The lowest BCUT2D eigenvalue weighted by Crippen LogP contribution is -2.47. The Morgan fingerprint density at radius 1 is 0.896 bits per heavy atom. The van der Waals surface area contributed by atoms with Crippen LogP contribution in [0.15, 0.2) is 102 Å². The smallest absolute Gasteiger partial charge is 0.437 e. The lowest BCUT2D eigenvalue weighted by atomic mass is 9.89. The third-order valence-corrected chi connectivity index (χ3v) is 8.23. The Morgan fingerprint density at radius 3 is 2.04 bits per heavy atom. The van der Waals surface area contributed by atoms with E-state index in [0.29, 0.717) is 17.8 Å². The number of nitrogens with two attached hydrogens (primary N) is 1. The summed E-state index contributed by atoms with van der Waals surface area (Å²) in [5, 5.41) is 17.5. The average molecular weight is 672 g/mol. The number of benzene rings is 3. The number of aliphatic imine (C=N–C) groups is 1. The summed E-state index contributed by atoms with van der Waals surface area (Å²) < 4.78 is 10.6. The van der Waals surface area contributed by atoms with Gasteiger partial charge in [0.05, 0.1) is 23.4 Å². The molecule has 1 aromatic heterocycles. The molecule has 0 radical (unpaired) electrons. The van der Waals surface area contributed by atoms with E-state index in [2.05, 4.69) is 20.6 Å². The Kier molecular flexibility index (Phi) is 12.8. The fourth-order valence-corrected chi connectivity index (χ4v) is 5.80. The predicted octanol–water partition coefficient (Wildman–Crippen LogP) is 5.74. The number of hydrogen-bond acceptors (Lipinski definition) is 8. The molecular weight excluding hydrogens is 630 g/mol. The Morgan fingerprint density at radius 2 is 1.46 bits per heavy atom. The zero-order chi connectivity index (χ0) is 34.5. The Labute approximate surface area is 284 Å². The van der Waals surface area contributed by atoms with Crippen LogP contribution in [0.5, 0.6) is 0 Å². The summed E-state index contributed by atoms with van der Waals surface area (Å²) in [6.07, 6.45) is -0.0147. The average Bonchev–Trinajstić information content (AvgIpc) is 3.54. The van der Waals surface area contributed by atoms with Crippen LogP contribution < -0.4 is 16.4 Å². The maximum Gasteiger partial charge on any atom is 0.437 e. The van der Waals surface area contributed by atoms with Crippen molar-refractivity contribution in [3.05, 3.63) is 124 Å². The van der Waals surface area contributed by atoms with E-state index in [1.165, 1.54) is 6.20 Å². The highest BCUT2D eigenvalue weighted by Crippen LogP contribution is 2.31. The van der Waals surface area contributed by atoms with Gasteiger partial charge in [-0.15, -0.1) is 16.3 Å². The summed E-state index contributed by atoms with van der Waals surface area (Å²) in [7, 11) is 0. The lowest BCUT2D eigenvalue weighted by molar-refractivity contribution is 0.0404. The fourth-order valence-electron chi connectivity index (χ4n) is 4.87. The van der Waals surface area contributed by atoms with Gasteiger partial charge in [0.2, 0.25) is 5.96 Å². The first kappa shape index (κ1) is 35.8. The van der Waals surface area contributed by atoms with Gasteiger partial charge in [0.15, 0.2) is 0 Å². The van der Waals surface area contributed by atoms with E-state index in [1.54, 1.807) is 32.9 Å². The van der Waals surface area contributed by atoms with Crippen molar-refractivity contribution in [1.82, 2.24) is 15.6 Å². The minimum atomic E-state index is -0.989. The first-order valence-electron chi connectivity index (χ1n) is 15.5. The second kappa shape index (κ2) is 17.2. The Bertz CT molecular complexity index is 1660. The summed E-state index contributed by atoms with van der Waals surface area (Å²) in [5.41, 5.74) is 7.84. The van der Waals surface area contributed by atoms with Crippen LogP contribution in [0.4, 0.5) is 9.59 Å². The fraction of sp³-hybridized carbons (Fsp3) is 0.306. The van der Waals surface area contributed by atoms with Crippen molar-refractivity contribution in [3.63, 3.8) is 0 Å². The molecule has 0 saturated heterocycles. The normalized spacial score (nSPS) is 13.5. The summed E-state index contributed by atoms with van der Waals surface area (Å²) in [6, 6.07) is 27.7. The first-order chi connectivity index (χ1) is 22.9. The van der Waals surface area contributed by atoms with Gasteiger partial charge in [-0.3, -0.25) is 10.1 Å². The number of hydrogen-bond donors (Lipinski definition) is 4. The molecule has 3 aromatic carbocycles. The number of aliphatic hydroxyl groups excluding tert-OH is 1. The van der Waals surface area contributed by atoms with Crippen LogP contribution in [0.2, 0.25) is 0 Å². The lowest BCUT2D eigenvalue weighted by Gasteiger charge is -2.29. The van der Waals surface area contributed by atoms with Gasteiger partial charge in [0.25, 0.3) is 5.91 Å². The second-order valence-electron chi connectivity index (χ2n) is 12.2. The highest BCUT2D eigenvalue weighted by atomic mass is 32.1. The number of rotatable bonds is 12. The molecule has 4 rings (SSSR count). The third kappa shape index (κ3) is 11.9. The number of guanidine groups is 1. The number of nitrogens with one attached hydrogen (secondary N) is 2. The van der Waals surface area contributed by atoms with Crippen molar-refractivity contribution in [3.8, 4) is 0 Å². The van der Waals surface area contributed by atoms with E-state index >= 15 is 0 Å². The van der Waals surface area contributed by atoms with Gasteiger partial charge in [-0.05, 0) is 56.7 Å². The summed E-state index contributed by atoms with van der Waals surface area (Å²) in [6.45, 7) is 5.34. The topological polar surface area (TPSA) is 165 Å². The minimum Gasteiger partial charge on any atom is -0.444 e. The number of nitrogens with zero attached hydrogens (tertiary/aromatic N) is 2. The van der Waals surface area contributed by atoms with Gasteiger partial charge in [0, 0.05) is 5.92 Å². The standard InChI is InChI=1S/C36H41N5O6S/c1-36(2,3)47-35(45)39-28(20-25-15-9-5-10-16-25)29(42)21-27(19-24-13-7-4-8-14-24)32-38-22-30(48-32)31(43)40-33(37)41-34(44)46-23-26-17-11-6-12-18-26/h4-18,22,27-29,42H,19-21,23H2,1-3H3,(H,39,45)(H3,37,40,41,43,44)/t27?,28-,29-/m0/s1. The summed E-state index contributed by atoms with van der Waals surface area (Å²) >= 11 is 1.14. The van der Waals surface area contributed by atoms with Crippen molar-refractivity contribution in [2.24, 2.45) is 10.7 Å². The molecule has 48 heavy (non-hydrogen) atoms. The predicted molar refractivity (Wildman–Crippen MR) is 185 cm³/mol. The van der Waals surface area contributed by atoms with E-state index in [4.69, 9.17) is 15.2 Å². The van der Waals surface area contributed by atoms with Crippen LogP contribution in [0, 0.1) is 0 Å². The van der Waals surface area contributed by atoms with Crippen molar-refractivity contribution < 1.29 is 29.0 Å². The molecule has 0 fully saturated rings. The van der Waals surface area contributed by atoms with Crippen LogP contribution in [0.1, 0.15) is 64.5 Å². The van der Waals surface area contributed by atoms with Gasteiger partial charge in [0.1, 0.15) is 17.1 Å². The second-order valence-corrected chi connectivity index (χ2v) is 13.2. The number of amides is 3. The molecule has 0 saturated carbocycles. The summed E-state index contributed by atoms with van der Waals surface area (Å²) in [4.78, 5) is 46.3. The van der Waals surface area contributed by atoms with E-state index < -0.39 is 41.8 Å². The molecular formula is C36H41N5O6S. The van der Waals surface area contributed by atoms with Crippen molar-refractivity contribution in [2.45, 2.75) is 70.3 Å². The zero-order valence-corrected chi connectivity index (χ0v) is 28.0. The number of carbonyl (C=O) groups is 3. The molecule has 0 aliphatic carbocycles. The Hall–Kier alpha value is -5.07. The van der Waals surface area contributed by atoms with Crippen molar-refractivity contribution in [1.29, 1.82) is 0 Å². The maximum absolute atomic E-state index is 13.0. The molecule has 0 spiro atoms. The number of aliphatic hydroxyl groups is 1. The molecule has 0 aliphatic rings. The van der Waals surface area contributed by atoms with Gasteiger partial charge in [-0.25, -0.2) is 14.6 Å². The Balaban J connectivity index is 1.48. The maximum atomic E-state index is 13.0. The van der Waals surface area contributed by atoms with E-state index in [9.17, 15) is 19.5 Å². The van der Waals surface area contributed by atoms with E-state index in [0.717, 1.165) is 28.0 Å². The number of carbonyl (C=O) groups excluding carboxylic acids is 3. The highest BCUT2D eigenvalue weighted by Gasteiger charge is 2.29. The highest BCUT2D eigenvalue weighted by molar-refractivity contribution is 7.13. The molecule has 5 N–H and O–H groups in total. The molecule has 4 aromatic rings. The van der Waals surface area contributed by atoms with Crippen LogP contribution in [0.25, 0.3) is 0 Å². The van der Waals surface area contributed by atoms with Gasteiger partial charge >= 0.3 is 12.2 Å². The minimum absolute atomic E-state index is 0.0107. The molecule has 1 heterocycles.